The first-order valence-electron chi connectivity index (χ1n) is 10.9. The van der Waals surface area contributed by atoms with Crippen LogP contribution in [0.1, 0.15) is 23.2 Å². The van der Waals surface area contributed by atoms with Crippen LogP contribution in [0, 0.1) is 6.92 Å². The van der Waals surface area contributed by atoms with Crippen molar-refractivity contribution in [1.29, 1.82) is 0 Å². The molecule has 0 spiro atoms. The number of carbonyl (C=O) groups excluding carboxylic acids is 1. The average molecular weight is 512 g/mol. The van der Waals surface area contributed by atoms with Crippen molar-refractivity contribution in [3.8, 4) is 11.3 Å². The smallest absolute Gasteiger partial charge is 0.264 e. The Bertz CT molecular complexity index is 1560. The van der Waals surface area contributed by atoms with Gasteiger partial charge in [-0.15, -0.1) is 5.10 Å². The number of halogens is 3. The lowest BCUT2D eigenvalue weighted by atomic mass is 10.1. The van der Waals surface area contributed by atoms with Gasteiger partial charge >= 0.3 is 0 Å². The number of benzene rings is 1. The number of nitrogens with zero attached hydrogens (tertiary/aromatic N) is 8. The number of fused-ring (bicyclic) bond motifs is 1. The molecular formula is C23H20ClF2N9O. The molecule has 4 heterocycles. The van der Waals surface area contributed by atoms with E-state index in [-0.39, 0.29) is 29.1 Å². The molecule has 0 aliphatic carbocycles. The summed E-state index contributed by atoms with van der Waals surface area (Å²) >= 11 is 5.91. The Kier molecular flexibility index (Phi) is 6.18. The molecule has 0 saturated heterocycles. The summed E-state index contributed by atoms with van der Waals surface area (Å²) in [5, 5.41) is 16.1. The maximum Gasteiger partial charge on any atom is 0.264 e. The number of rotatable bonds is 7. The van der Waals surface area contributed by atoms with E-state index in [9.17, 15) is 13.6 Å². The Labute approximate surface area is 208 Å². The molecule has 5 aromatic rings. The molecule has 0 radical (unpaired) electrons. The van der Waals surface area contributed by atoms with Gasteiger partial charge in [0.2, 0.25) is 11.9 Å². The molecule has 5 rings (SSSR count). The summed E-state index contributed by atoms with van der Waals surface area (Å²) < 4.78 is 32.3. The number of carbonyl (C=O) groups is 1. The lowest BCUT2D eigenvalue weighted by molar-refractivity contribution is -0.116. The van der Waals surface area contributed by atoms with Crippen LogP contribution in [0.5, 0.6) is 0 Å². The maximum absolute atomic E-state index is 13.9. The van der Waals surface area contributed by atoms with Gasteiger partial charge in [-0.05, 0) is 30.7 Å². The largest absolute Gasteiger partial charge is 0.292 e. The Morgan fingerprint density at radius 1 is 1.19 bits per heavy atom. The highest BCUT2D eigenvalue weighted by molar-refractivity contribution is 6.30. The van der Waals surface area contributed by atoms with Gasteiger partial charge in [0.25, 0.3) is 6.43 Å². The number of anilines is 1. The van der Waals surface area contributed by atoms with Gasteiger partial charge < -0.3 is 0 Å². The zero-order chi connectivity index (χ0) is 25.4. The van der Waals surface area contributed by atoms with Crippen molar-refractivity contribution < 1.29 is 13.6 Å². The van der Waals surface area contributed by atoms with Gasteiger partial charge in [-0.2, -0.15) is 10.2 Å². The summed E-state index contributed by atoms with van der Waals surface area (Å²) in [6.45, 7) is 1.79. The third kappa shape index (κ3) is 4.80. The first-order valence-corrected chi connectivity index (χ1v) is 11.2. The molecule has 10 nitrogen and oxygen atoms in total. The van der Waals surface area contributed by atoms with Crippen LogP contribution in [0.4, 0.5) is 14.7 Å². The van der Waals surface area contributed by atoms with E-state index in [1.807, 2.05) is 12.1 Å². The molecule has 0 aliphatic rings. The minimum Gasteiger partial charge on any atom is -0.292 e. The summed E-state index contributed by atoms with van der Waals surface area (Å²) in [6, 6.07) is 8.63. The number of pyridine rings is 1. The summed E-state index contributed by atoms with van der Waals surface area (Å²) in [4.78, 5) is 21.4. The standard InChI is InChI=1S/C23H20ClF2N9O/c1-13-20-17(21(25)26)7-18(15-8-28-33(2)10-15)29-22(20)35(31-13)11-19(36)30-23-27-12-34(32-23)9-14-3-5-16(24)6-4-14/h3-8,10,12,21H,9,11H2,1-2H3,(H,30,32,36). The second-order valence-corrected chi connectivity index (χ2v) is 8.62. The van der Waals surface area contributed by atoms with E-state index >= 15 is 0 Å². The highest BCUT2D eigenvalue weighted by atomic mass is 35.5. The van der Waals surface area contributed by atoms with Crippen LogP contribution >= 0.6 is 11.6 Å². The molecule has 1 aromatic carbocycles. The molecule has 13 heteroatoms. The number of hydrogen-bond donors (Lipinski definition) is 1. The van der Waals surface area contributed by atoms with E-state index < -0.39 is 12.3 Å². The molecule has 0 saturated carbocycles. The fraction of sp³-hybridized carbons (Fsp3) is 0.217. The predicted molar refractivity (Wildman–Crippen MR) is 129 cm³/mol. The van der Waals surface area contributed by atoms with Crippen molar-refractivity contribution in [2.75, 3.05) is 5.32 Å². The molecule has 1 amide bonds. The van der Waals surface area contributed by atoms with Gasteiger partial charge in [0.05, 0.1) is 29.5 Å². The highest BCUT2D eigenvalue weighted by Crippen LogP contribution is 2.32. The molecule has 0 aliphatic heterocycles. The highest BCUT2D eigenvalue weighted by Gasteiger charge is 2.22. The summed E-state index contributed by atoms with van der Waals surface area (Å²) in [5.41, 5.74) is 2.18. The lowest BCUT2D eigenvalue weighted by Crippen LogP contribution is -2.20. The Hall–Kier alpha value is -4.19. The van der Waals surface area contributed by atoms with Crippen LogP contribution in [0.3, 0.4) is 0 Å². The topological polar surface area (TPSA) is 108 Å². The second kappa shape index (κ2) is 9.46. The van der Waals surface area contributed by atoms with Crippen LogP contribution in [-0.2, 0) is 24.9 Å². The third-order valence-electron chi connectivity index (χ3n) is 5.48. The zero-order valence-electron chi connectivity index (χ0n) is 19.2. The monoisotopic (exact) mass is 511 g/mol. The summed E-state index contributed by atoms with van der Waals surface area (Å²) in [7, 11) is 1.72. The molecule has 184 valence electrons. The Morgan fingerprint density at radius 2 is 1.97 bits per heavy atom. The van der Waals surface area contributed by atoms with E-state index in [2.05, 4.69) is 30.6 Å². The van der Waals surface area contributed by atoms with Crippen LogP contribution < -0.4 is 5.32 Å². The first kappa shape index (κ1) is 23.5. The quantitative estimate of drug-likeness (QED) is 0.354. The van der Waals surface area contributed by atoms with Crippen LogP contribution in [0.2, 0.25) is 5.02 Å². The van der Waals surface area contributed by atoms with Gasteiger partial charge in [-0.1, -0.05) is 23.7 Å². The van der Waals surface area contributed by atoms with Crippen LogP contribution in [-0.4, -0.2) is 45.2 Å². The summed E-state index contributed by atoms with van der Waals surface area (Å²) in [6.07, 6.45) is 1.96. The number of nitrogens with one attached hydrogen (secondary N) is 1. The van der Waals surface area contributed by atoms with E-state index in [0.717, 1.165) is 5.56 Å². The van der Waals surface area contributed by atoms with Crippen molar-refractivity contribution in [3.63, 3.8) is 0 Å². The molecule has 0 atom stereocenters. The number of alkyl halides is 2. The Balaban J connectivity index is 1.38. The van der Waals surface area contributed by atoms with Gasteiger partial charge in [0.1, 0.15) is 12.9 Å². The molecular weight excluding hydrogens is 492 g/mol. The second-order valence-electron chi connectivity index (χ2n) is 8.18. The normalized spacial score (nSPS) is 11.5. The van der Waals surface area contributed by atoms with Crippen LogP contribution in [0.15, 0.2) is 49.1 Å². The number of amides is 1. The van der Waals surface area contributed by atoms with Crippen molar-refractivity contribution >= 4 is 34.5 Å². The van der Waals surface area contributed by atoms with Crippen molar-refractivity contribution in [1.82, 2.24) is 39.3 Å². The van der Waals surface area contributed by atoms with Gasteiger partial charge in [-0.3, -0.25) is 14.8 Å². The minimum absolute atomic E-state index is 0.111. The average Bonchev–Trinajstić information content (AvgIpc) is 3.54. The van der Waals surface area contributed by atoms with Gasteiger partial charge in [-0.25, -0.2) is 28.1 Å². The van der Waals surface area contributed by atoms with E-state index in [4.69, 9.17) is 11.6 Å². The zero-order valence-corrected chi connectivity index (χ0v) is 20.0. The van der Waals surface area contributed by atoms with Crippen molar-refractivity contribution in [2.45, 2.75) is 26.4 Å². The van der Waals surface area contributed by atoms with E-state index in [0.29, 0.717) is 28.5 Å². The number of aromatic nitrogens is 8. The van der Waals surface area contributed by atoms with Crippen LogP contribution in [0.25, 0.3) is 22.3 Å². The SMILES string of the molecule is Cc1nn(CC(=O)Nc2ncn(Cc3ccc(Cl)cc3)n2)c2nc(-c3cnn(C)c3)cc(C(F)F)c12. The molecule has 0 fully saturated rings. The molecule has 36 heavy (non-hydrogen) atoms. The van der Waals surface area contributed by atoms with Gasteiger partial charge in [0, 0.05) is 29.4 Å². The van der Waals surface area contributed by atoms with Gasteiger partial charge in [0.15, 0.2) is 5.65 Å². The first-order chi connectivity index (χ1) is 17.3. The molecule has 1 N–H and O–H groups in total. The fourth-order valence-electron chi connectivity index (χ4n) is 3.88. The molecule has 0 unspecified atom stereocenters. The third-order valence-corrected chi connectivity index (χ3v) is 5.73. The number of aryl methyl sites for hydroxylation is 2. The number of hydrogen-bond acceptors (Lipinski definition) is 6. The molecule has 0 bridgehead atoms. The van der Waals surface area contributed by atoms with Crippen molar-refractivity contribution in [2.24, 2.45) is 7.05 Å². The van der Waals surface area contributed by atoms with E-state index in [1.165, 1.54) is 23.3 Å². The van der Waals surface area contributed by atoms with E-state index in [1.54, 1.807) is 41.7 Å². The summed E-state index contributed by atoms with van der Waals surface area (Å²) in [5.74, 6) is -0.366. The fourth-order valence-corrected chi connectivity index (χ4v) is 4.00. The van der Waals surface area contributed by atoms with Crippen molar-refractivity contribution in [3.05, 3.63) is 70.9 Å². The predicted octanol–water partition coefficient (Wildman–Crippen LogP) is 4.01. The molecule has 4 aromatic heterocycles. The Morgan fingerprint density at radius 3 is 2.67 bits per heavy atom. The minimum atomic E-state index is -2.75. The lowest BCUT2D eigenvalue weighted by Gasteiger charge is -2.07. The maximum atomic E-state index is 13.9.